The fourth-order valence-corrected chi connectivity index (χ4v) is 2.74. The zero-order chi connectivity index (χ0) is 15.7. The first kappa shape index (κ1) is 18.4. The summed E-state index contributed by atoms with van der Waals surface area (Å²) in [5.74, 6) is 0.316. The molecule has 0 aromatic carbocycles. The lowest BCUT2D eigenvalue weighted by Gasteiger charge is -2.37. The van der Waals surface area contributed by atoms with E-state index in [4.69, 9.17) is 9.47 Å². The van der Waals surface area contributed by atoms with Gasteiger partial charge in [-0.05, 0) is 45.2 Å². The summed E-state index contributed by atoms with van der Waals surface area (Å²) < 4.78 is 10.6. The van der Waals surface area contributed by atoms with Crippen molar-refractivity contribution < 1.29 is 14.3 Å². The van der Waals surface area contributed by atoms with Crippen molar-refractivity contribution in [2.75, 3.05) is 46.5 Å². The number of hydrogen-bond donors (Lipinski definition) is 1. The molecule has 1 N–H and O–H groups in total. The third-order valence-electron chi connectivity index (χ3n) is 4.14. The topological polar surface area (TPSA) is 50.8 Å². The van der Waals surface area contributed by atoms with Crippen molar-refractivity contribution in [3.05, 3.63) is 0 Å². The first-order valence-corrected chi connectivity index (χ1v) is 8.28. The van der Waals surface area contributed by atoms with Crippen molar-refractivity contribution in [1.29, 1.82) is 0 Å². The van der Waals surface area contributed by atoms with Crippen LogP contribution in [0.1, 0.15) is 40.0 Å². The Labute approximate surface area is 129 Å². The van der Waals surface area contributed by atoms with Crippen LogP contribution in [0.4, 0.5) is 0 Å². The summed E-state index contributed by atoms with van der Waals surface area (Å²) in [6.07, 6.45) is 3.23. The minimum atomic E-state index is -0.546. The van der Waals surface area contributed by atoms with Crippen LogP contribution in [0, 0.1) is 5.92 Å². The molecule has 124 valence electrons. The van der Waals surface area contributed by atoms with Gasteiger partial charge in [0.2, 0.25) is 0 Å². The van der Waals surface area contributed by atoms with Crippen molar-refractivity contribution in [3.8, 4) is 0 Å². The van der Waals surface area contributed by atoms with Gasteiger partial charge in [0.1, 0.15) is 5.54 Å². The zero-order valence-corrected chi connectivity index (χ0v) is 14.1. The second kappa shape index (κ2) is 9.38. The van der Waals surface area contributed by atoms with E-state index in [-0.39, 0.29) is 5.97 Å². The number of nitrogens with zero attached hydrogens (tertiary/aromatic N) is 1. The molecule has 0 aliphatic heterocycles. The Kier molecular flexibility index (Phi) is 8.22. The predicted octanol–water partition coefficient (Wildman–Crippen LogP) is 1.67. The molecule has 0 spiro atoms. The Balaban J connectivity index is 2.83. The maximum Gasteiger partial charge on any atom is 0.327 e. The summed E-state index contributed by atoms with van der Waals surface area (Å²) in [6.45, 7) is 10.5. The molecule has 0 heterocycles. The summed E-state index contributed by atoms with van der Waals surface area (Å²) in [4.78, 5) is 14.9. The first-order chi connectivity index (χ1) is 10.1. The molecular weight excluding hydrogens is 268 g/mol. The van der Waals surface area contributed by atoms with Gasteiger partial charge in [0.15, 0.2) is 0 Å². The van der Waals surface area contributed by atoms with Gasteiger partial charge in [-0.3, -0.25) is 4.90 Å². The van der Waals surface area contributed by atoms with Crippen molar-refractivity contribution in [3.63, 3.8) is 0 Å². The lowest BCUT2D eigenvalue weighted by atomic mass is 9.91. The van der Waals surface area contributed by atoms with Gasteiger partial charge in [0.25, 0.3) is 0 Å². The number of likely N-dealkylation sites (N-methyl/N-ethyl adjacent to an activating group) is 1. The van der Waals surface area contributed by atoms with E-state index in [1.54, 1.807) is 7.11 Å². The Morgan fingerprint density at radius 3 is 2.52 bits per heavy atom. The van der Waals surface area contributed by atoms with Gasteiger partial charge in [-0.25, -0.2) is 4.79 Å². The van der Waals surface area contributed by atoms with Crippen LogP contribution in [-0.4, -0.2) is 62.9 Å². The van der Waals surface area contributed by atoms with Crippen LogP contribution in [0.2, 0.25) is 0 Å². The van der Waals surface area contributed by atoms with Crippen LogP contribution in [0.15, 0.2) is 0 Å². The molecule has 1 saturated carbocycles. The average molecular weight is 300 g/mol. The maximum atomic E-state index is 12.6. The number of nitrogens with one attached hydrogen (secondary N) is 1. The number of carbonyl (C=O) groups is 1. The highest BCUT2D eigenvalue weighted by atomic mass is 16.5. The second-order valence-corrected chi connectivity index (χ2v) is 5.75. The monoisotopic (exact) mass is 300 g/mol. The van der Waals surface area contributed by atoms with Crippen molar-refractivity contribution in [1.82, 2.24) is 10.2 Å². The number of esters is 1. The highest BCUT2D eigenvalue weighted by Gasteiger charge is 2.52. The molecule has 0 saturated heterocycles. The van der Waals surface area contributed by atoms with E-state index in [0.717, 1.165) is 38.9 Å². The third-order valence-corrected chi connectivity index (χ3v) is 4.14. The van der Waals surface area contributed by atoms with Gasteiger partial charge in [0.05, 0.1) is 13.2 Å². The van der Waals surface area contributed by atoms with Gasteiger partial charge in [0, 0.05) is 20.2 Å². The highest BCUT2D eigenvalue weighted by molar-refractivity contribution is 5.82. The smallest absolute Gasteiger partial charge is 0.327 e. The van der Waals surface area contributed by atoms with Gasteiger partial charge in [-0.15, -0.1) is 0 Å². The van der Waals surface area contributed by atoms with Gasteiger partial charge in [-0.2, -0.15) is 0 Å². The van der Waals surface area contributed by atoms with Crippen molar-refractivity contribution in [2.24, 2.45) is 5.92 Å². The number of methoxy groups -OCH3 is 1. The van der Waals surface area contributed by atoms with Crippen molar-refractivity contribution in [2.45, 2.75) is 45.6 Å². The molecule has 1 aliphatic carbocycles. The van der Waals surface area contributed by atoms with Crippen LogP contribution in [0.25, 0.3) is 0 Å². The number of carbonyl (C=O) groups excluding carboxylic acids is 1. The fourth-order valence-electron chi connectivity index (χ4n) is 2.74. The molecule has 1 rings (SSSR count). The van der Waals surface area contributed by atoms with Crippen molar-refractivity contribution >= 4 is 5.97 Å². The standard InChI is InChI=1S/C16H32N2O3/c1-5-10-17-16(14-8-9-14,15(19)21-7-3)13-18(6-2)11-12-20-4/h14,17H,5-13H2,1-4H3. The van der Waals surface area contributed by atoms with E-state index >= 15 is 0 Å². The molecule has 1 unspecified atom stereocenters. The van der Waals surface area contributed by atoms with E-state index in [1.807, 2.05) is 6.92 Å². The van der Waals surface area contributed by atoms with Crippen LogP contribution in [0.5, 0.6) is 0 Å². The van der Waals surface area contributed by atoms with Crippen LogP contribution < -0.4 is 5.32 Å². The summed E-state index contributed by atoms with van der Waals surface area (Å²) in [6, 6.07) is 0. The summed E-state index contributed by atoms with van der Waals surface area (Å²) >= 11 is 0. The number of hydrogen-bond acceptors (Lipinski definition) is 5. The molecule has 5 heteroatoms. The molecule has 0 bridgehead atoms. The summed E-state index contributed by atoms with van der Waals surface area (Å²) in [5.41, 5.74) is -0.546. The van der Waals surface area contributed by atoms with E-state index in [1.165, 1.54) is 0 Å². The van der Waals surface area contributed by atoms with E-state index in [2.05, 4.69) is 24.1 Å². The largest absolute Gasteiger partial charge is 0.465 e. The Hall–Kier alpha value is -0.650. The van der Waals surface area contributed by atoms with E-state index < -0.39 is 5.54 Å². The SMILES string of the molecule is CCCNC(CN(CC)CCOC)(C(=O)OCC)C1CC1. The predicted molar refractivity (Wildman–Crippen MR) is 84.4 cm³/mol. The molecule has 1 aliphatic rings. The van der Waals surface area contributed by atoms with E-state index in [9.17, 15) is 4.79 Å². The molecule has 0 amide bonds. The molecule has 0 radical (unpaired) electrons. The van der Waals surface area contributed by atoms with Gasteiger partial charge >= 0.3 is 5.97 Å². The van der Waals surface area contributed by atoms with Crippen LogP contribution >= 0.6 is 0 Å². The zero-order valence-electron chi connectivity index (χ0n) is 14.1. The minimum Gasteiger partial charge on any atom is -0.465 e. The first-order valence-electron chi connectivity index (χ1n) is 8.28. The lowest BCUT2D eigenvalue weighted by Crippen LogP contribution is -2.61. The Bertz CT molecular complexity index is 308. The summed E-state index contributed by atoms with van der Waals surface area (Å²) in [7, 11) is 1.71. The van der Waals surface area contributed by atoms with E-state index in [0.29, 0.717) is 25.7 Å². The second-order valence-electron chi connectivity index (χ2n) is 5.75. The third kappa shape index (κ3) is 5.24. The minimum absolute atomic E-state index is 0.0863. The van der Waals surface area contributed by atoms with Crippen LogP contribution in [0.3, 0.4) is 0 Å². The molecule has 5 nitrogen and oxygen atoms in total. The average Bonchev–Trinajstić information content (AvgIpc) is 3.32. The normalized spacial score (nSPS) is 17.8. The fraction of sp³-hybridized carbons (Fsp3) is 0.938. The maximum absolute atomic E-state index is 12.6. The van der Waals surface area contributed by atoms with Gasteiger partial charge < -0.3 is 14.8 Å². The number of ether oxygens (including phenoxy) is 2. The molecule has 1 atom stereocenters. The lowest BCUT2D eigenvalue weighted by molar-refractivity contribution is -0.153. The summed E-state index contributed by atoms with van der Waals surface area (Å²) in [5, 5.41) is 3.51. The van der Waals surface area contributed by atoms with Gasteiger partial charge in [-0.1, -0.05) is 13.8 Å². The Morgan fingerprint density at radius 1 is 1.33 bits per heavy atom. The highest BCUT2D eigenvalue weighted by Crippen LogP contribution is 2.41. The molecule has 21 heavy (non-hydrogen) atoms. The quantitative estimate of drug-likeness (QED) is 0.556. The molecule has 0 aromatic heterocycles. The Morgan fingerprint density at radius 2 is 2.05 bits per heavy atom. The van der Waals surface area contributed by atoms with Crippen LogP contribution in [-0.2, 0) is 14.3 Å². The molecule has 1 fully saturated rings. The molecular formula is C16H32N2O3. The molecule has 0 aromatic rings. The number of rotatable bonds is 12.